The molecule has 0 saturated carbocycles. The Hall–Kier alpha value is -3.60. The molecule has 28 heavy (non-hydrogen) atoms. The second-order valence-electron chi connectivity index (χ2n) is 6.46. The van der Waals surface area contributed by atoms with Crippen LogP contribution in [0.1, 0.15) is 29.0 Å². The fourth-order valence-electron chi connectivity index (χ4n) is 3.25. The maximum Gasteiger partial charge on any atom is 0.414 e. The van der Waals surface area contributed by atoms with E-state index >= 15 is 0 Å². The zero-order valence-corrected chi connectivity index (χ0v) is 15.1. The topological polar surface area (TPSA) is 55.8 Å². The van der Waals surface area contributed by atoms with E-state index in [4.69, 9.17) is 9.47 Å². The lowest BCUT2D eigenvalue weighted by atomic mass is 10.1. The summed E-state index contributed by atoms with van der Waals surface area (Å²) in [5, 5.41) is 0. The summed E-state index contributed by atoms with van der Waals surface area (Å²) < 4.78 is 11.1. The maximum absolute atomic E-state index is 13.0. The van der Waals surface area contributed by atoms with Gasteiger partial charge in [0.2, 0.25) is 6.23 Å². The monoisotopic (exact) mass is 373 g/mol. The molecule has 0 spiro atoms. The third-order valence-corrected chi connectivity index (χ3v) is 4.60. The molecule has 1 fully saturated rings. The molecule has 1 amide bonds. The predicted molar refractivity (Wildman–Crippen MR) is 103 cm³/mol. The number of nitrogens with zero attached hydrogens (tertiary/aromatic N) is 1. The molecule has 5 nitrogen and oxygen atoms in total. The standard InChI is InChI=1S/C23H19NO4/c25-22-20(18-12-6-2-7-13-18)24(21(28-22)19-14-8-3-9-15-19)23(26)27-16-17-10-4-1-5-11-17/h1-15,20-21H,16H2/t20-,21?/m0/s1. The van der Waals surface area contributed by atoms with Crippen LogP contribution in [0.5, 0.6) is 0 Å². The lowest BCUT2D eigenvalue weighted by Crippen LogP contribution is -2.34. The first-order valence-corrected chi connectivity index (χ1v) is 9.03. The van der Waals surface area contributed by atoms with Gasteiger partial charge in [0.05, 0.1) is 0 Å². The number of rotatable bonds is 4. The molecule has 4 rings (SSSR count). The molecule has 5 heteroatoms. The van der Waals surface area contributed by atoms with Gasteiger partial charge in [-0.2, -0.15) is 0 Å². The predicted octanol–water partition coefficient (Wildman–Crippen LogP) is 4.62. The van der Waals surface area contributed by atoms with Crippen LogP contribution in [0.2, 0.25) is 0 Å². The quantitative estimate of drug-likeness (QED) is 0.626. The van der Waals surface area contributed by atoms with Gasteiger partial charge in [-0.05, 0) is 11.1 Å². The third-order valence-electron chi connectivity index (χ3n) is 4.60. The second kappa shape index (κ2) is 7.96. The number of ether oxygens (including phenoxy) is 2. The molecule has 2 atom stereocenters. The van der Waals surface area contributed by atoms with E-state index in [2.05, 4.69) is 0 Å². The van der Waals surface area contributed by atoms with Crippen molar-refractivity contribution in [3.63, 3.8) is 0 Å². The van der Waals surface area contributed by atoms with E-state index in [0.717, 1.165) is 5.56 Å². The van der Waals surface area contributed by atoms with E-state index in [1.54, 1.807) is 12.1 Å². The van der Waals surface area contributed by atoms with Gasteiger partial charge < -0.3 is 9.47 Å². The highest BCUT2D eigenvalue weighted by molar-refractivity contribution is 5.86. The smallest absolute Gasteiger partial charge is 0.414 e. The number of amides is 1. The van der Waals surface area contributed by atoms with E-state index in [1.807, 2.05) is 78.9 Å². The summed E-state index contributed by atoms with van der Waals surface area (Å²) in [6, 6.07) is 26.9. The Morgan fingerprint density at radius 1 is 0.821 bits per heavy atom. The largest absolute Gasteiger partial charge is 0.444 e. The van der Waals surface area contributed by atoms with Crippen LogP contribution in [0.15, 0.2) is 91.0 Å². The van der Waals surface area contributed by atoms with Crippen molar-refractivity contribution < 1.29 is 19.1 Å². The summed E-state index contributed by atoms with van der Waals surface area (Å²) in [4.78, 5) is 27.1. The number of esters is 1. The molecule has 0 aromatic heterocycles. The molecule has 0 N–H and O–H groups in total. The molecule has 1 saturated heterocycles. The van der Waals surface area contributed by atoms with Crippen LogP contribution in [0.3, 0.4) is 0 Å². The lowest BCUT2D eigenvalue weighted by Gasteiger charge is -2.26. The van der Waals surface area contributed by atoms with Crippen molar-refractivity contribution in [2.75, 3.05) is 0 Å². The molecule has 3 aromatic carbocycles. The fraction of sp³-hybridized carbons (Fsp3) is 0.130. The summed E-state index contributed by atoms with van der Waals surface area (Å²) in [6.45, 7) is 0.118. The molecule has 3 aromatic rings. The van der Waals surface area contributed by atoms with Gasteiger partial charge in [0, 0.05) is 5.56 Å². The Labute approximate surface area is 163 Å². The number of hydrogen-bond acceptors (Lipinski definition) is 4. The number of carbonyl (C=O) groups excluding carboxylic acids is 2. The average molecular weight is 373 g/mol. The number of cyclic esters (lactones) is 1. The van der Waals surface area contributed by atoms with Crippen molar-refractivity contribution in [3.05, 3.63) is 108 Å². The maximum atomic E-state index is 13.0. The third kappa shape index (κ3) is 3.60. The molecule has 1 aliphatic rings. The highest BCUT2D eigenvalue weighted by Crippen LogP contribution is 2.40. The minimum Gasteiger partial charge on any atom is -0.444 e. The summed E-state index contributed by atoms with van der Waals surface area (Å²) in [7, 11) is 0. The van der Waals surface area contributed by atoms with Gasteiger partial charge in [-0.1, -0.05) is 91.0 Å². The van der Waals surface area contributed by atoms with Crippen LogP contribution in [-0.2, 0) is 20.9 Å². The SMILES string of the molecule is O=C1OC(c2ccccc2)N(C(=O)OCc2ccccc2)[C@H]1c1ccccc1. The van der Waals surface area contributed by atoms with Gasteiger partial charge in [-0.25, -0.2) is 14.5 Å². The van der Waals surface area contributed by atoms with Crippen LogP contribution in [-0.4, -0.2) is 17.0 Å². The molecule has 1 unspecified atom stereocenters. The first-order valence-electron chi connectivity index (χ1n) is 9.03. The van der Waals surface area contributed by atoms with Crippen LogP contribution < -0.4 is 0 Å². The van der Waals surface area contributed by atoms with E-state index in [9.17, 15) is 9.59 Å². The lowest BCUT2D eigenvalue weighted by molar-refractivity contribution is -0.143. The van der Waals surface area contributed by atoms with Crippen LogP contribution in [0, 0.1) is 0 Å². The van der Waals surface area contributed by atoms with Crippen molar-refractivity contribution in [1.82, 2.24) is 4.90 Å². The summed E-state index contributed by atoms with van der Waals surface area (Å²) in [6.07, 6.45) is -1.43. The Morgan fingerprint density at radius 2 is 1.36 bits per heavy atom. The summed E-state index contributed by atoms with van der Waals surface area (Å²) >= 11 is 0. The van der Waals surface area contributed by atoms with Gasteiger partial charge in [-0.3, -0.25) is 0 Å². The normalized spacial score (nSPS) is 18.6. The minimum absolute atomic E-state index is 0.118. The molecule has 0 aliphatic carbocycles. The van der Waals surface area contributed by atoms with Crippen molar-refractivity contribution in [2.45, 2.75) is 18.9 Å². The first-order chi connectivity index (χ1) is 13.7. The van der Waals surface area contributed by atoms with Gasteiger partial charge in [0.15, 0.2) is 6.04 Å². The van der Waals surface area contributed by atoms with Crippen LogP contribution in [0.25, 0.3) is 0 Å². The zero-order valence-electron chi connectivity index (χ0n) is 15.1. The highest BCUT2D eigenvalue weighted by Gasteiger charge is 2.47. The molecular formula is C23H19NO4. The van der Waals surface area contributed by atoms with Gasteiger partial charge >= 0.3 is 12.1 Å². The Bertz CT molecular complexity index is 944. The fourth-order valence-corrected chi connectivity index (χ4v) is 3.25. The Balaban J connectivity index is 1.64. The van der Waals surface area contributed by atoms with E-state index < -0.39 is 24.3 Å². The number of carbonyl (C=O) groups is 2. The number of hydrogen-bond donors (Lipinski definition) is 0. The molecule has 1 aliphatic heterocycles. The van der Waals surface area contributed by atoms with Gasteiger partial charge in [0.25, 0.3) is 0 Å². The van der Waals surface area contributed by atoms with Crippen molar-refractivity contribution >= 4 is 12.1 Å². The highest BCUT2D eigenvalue weighted by atomic mass is 16.6. The molecule has 140 valence electrons. The molecule has 1 heterocycles. The number of benzene rings is 3. The van der Waals surface area contributed by atoms with Crippen molar-refractivity contribution in [1.29, 1.82) is 0 Å². The molecule has 0 bridgehead atoms. The minimum atomic E-state index is -0.852. The first kappa shape index (κ1) is 17.8. The average Bonchev–Trinajstić information content (AvgIpc) is 3.11. The Kier molecular flexibility index (Phi) is 5.06. The summed E-state index contributed by atoms with van der Waals surface area (Å²) in [5.74, 6) is -0.475. The van der Waals surface area contributed by atoms with Gasteiger partial charge in [0.1, 0.15) is 6.61 Å². The Morgan fingerprint density at radius 3 is 1.96 bits per heavy atom. The molecule has 0 radical (unpaired) electrons. The van der Waals surface area contributed by atoms with E-state index in [1.165, 1.54) is 4.90 Å². The van der Waals surface area contributed by atoms with Crippen LogP contribution in [0.4, 0.5) is 4.79 Å². The van der Waals surface area contributed by atoms with Crippen LogP contribution >= 0.6 is 0 Å². The van der Waals surface area contributed by atoms with Crippen molar-refractivity contribution in [3.8, 4) is 0 Å². The molecular weight excluding hydrogens is 354 g/mol. The van der Waals surface area contributed by atoms with Crippen molar-refractivity contribution in [2.24, 2.45) is 0 Å². The second-order valence-corrected chi connectivity index (χ2v) is 6.46. The van der Waals surface area contributed by atoms with Gasteiger partial charge in [-0.15, -0.1) is 0 Å². The zero-order chi connectivity index (χ0) is 19.3. The van der Waals surface area contributed by atoms with E-state index in [0.29, 0.717) is 11.1 Å². The van der Waals surface area contributed by atoms with E-state index in [-0.39, 0.29) is 6.61 Å². The summed E-state index contributed by atoms with van der Waals surface area (Å²) in [5.41, 5.74) is 2.27.